The van der Waals surface area contributed by atoms with Crippen molar-refractivity contribution in [3.8, 4) is 0 Å². The molecule has 12 amide bonds. The number of hydrogen-bond donors (Lipinski definition) is 3. The van der Waals surface area contributed by atoms with Crippen molar-refractivity contribution in [3.05, 3.63) is 0 Å². The Hall–Kier alpha value is -7.10. The van der Waals surface area contributed by atoms with E-state index < -0.39 is 274 Å². The number of halogens is 10. The van der Waals surface area contributed by atoms with E-state index in [1.54, 1.807) is 20.8 Å². The van der Waals surface area contributed by atoms with Crippen LogP contribution in [0.25, 0.3) is 0 Å². The van der Waals surface area contributed by atoms with E-state index in [1.807, 2.05) is 0 Å². The van der Waals surface area contributed by atoms with Crippen LogP contribution in [-0.4, -0.2) is 295 Å². The van der Waals surface area contributed by atoms with Crippen LogP contribution in [0.4, 0.5) is 43.9 Å². The summed E-state index contributed by atoms with van der Waals surface area (Å²) in [6.07, 6.45) is -20.7. The molecule has 3 aliphatic heterocycles. The van der Waals surface area contributed by atoms with Crippen molar-refractivity contribution in [3.63, 3.8) is 0 Å². The van der Waals surface area contributed by atoms with Gasteiger partial charge in [0, 0.05) is 95.3 Å². The Bertz CT molecular complexity index is 3230. The van der Waals surface area contributed by atoms with E-state index in [-0.39, 0.29) is 58.1 Å². The highest BCUT2D eigenvalue weighted by atomic mass is 19.4. The fraction of sp³-hybridized carbons (Fsp3) is 0.838. The first-order valence-electron chi connectivity index (χ1n) is 38.6. The summed E-state index contributed by atoms with van der Waals surface area (Å²) in [6.45, 7) is 4.25. The molecule has 7 fully saturated rings. The second-order valence-electron chi connectivity index (χ2n) is 32.0. The van der Waals surface area contributed by atoms with Crippen molar-refractivity contribution >= 4 is 70.9 Å². The van der Waals surface area contributed by atoms with Crippen molar-refractivity contribution in [2.24, 2.45) is 35.5 Å². The topological polar surface area (TPSA) is 279 Å². The van der Waals surface area contributed by atoms with Gasteiger partial charge in [-0.15, -0.1) is 0 Å². The Morgan fingerprint density at radius 2 is 1.21 bits per heavy atom. The molecule has 25 nitrogen and oxygen atoms in total. The number of alkyl halides is 10. The van der Waals surface area contributed by atoms with Gasteiger partial charge in [0.1, 0.15) is 72.1 Å². The maximum Gasteiger partial charge on any atom is 0.397 e. The molecular formula is C74H114F10N12O13. The monoisotopic (exact) mass is 1570 g/mol. The fourth-order valence-corrected chi connectivity index (χ4v) is 17.2. The third kappa shape index (κ3) is 21.8. The van der Waals surface area contributed by atoms with Gasteiger partial charge in [-0.25, -0.2) is 17.6 Å². The number of carbonyl (C=O) groups is 12. The van der Waals surface area contributed by atoms with Gasteiger partial charge in [0.15, 0.2) is 0 Å². The number of fused-ring (bicyclic) bond motifs is 3. The molecule has 4 saturated carbocycles. The summed E-state index contributed by atoms with van der Waals surface area (Å²) in [4.78, 5) is 190. The molecule has 2 bridgehead atoms. The summed E-state index contributed by atoms with van der Waals surface area (Å²) in [5.41, 5.74) is -2.25. The van der Waals surface area contributed by atoms with E-state index in [0.29, 0.717) is 51.4 Å². The molecule has 2 unspecified atom stereocenters. The van der Waals surface area contributed by atoms with Crippen molar-refractivity contribution in [1.82, 2.24) is 60.0 Å². The van der Waals surface area contributed by atoms with Gasteiger partial charge in [-0.3, -0.25) is 57.5 Å². The molecule has 109 heavy (non-hydrogen) atoms. The van der Waals surface area contributed by atoms with E-state index in [9.17, 15) is 55.1 Å². The number of nitrogens with one attached hydrogen (secondary N) is 3. The molecule has 35 heteroatoms. The van der Waals surface area contributed by atoms with Gasteiger partial charge >= 0.3 is 12.4 Å². The Kier molecular flexibility index (Phi) is 30.6. The minimum absolute atomic E-state index is 0.000585. The average molecular weight is 1570 g/mol. The molecule has 12 atom stereocenters. The molecule has 3 heterocycles. The maximum absolute atomic E-state index is 15.8. The van der Waals surface area contributed by atoms with Gasteiger partial charge in [0.2, 0.25) is 76.8 Å². The first-order chi connectivity index (χ1) is 50.9. The molecule has 3 N–H and O–H groups in total. The molecule has 7 aliphatic rings. The first kappa shape index (κ1) is 89.1. The van der Waals surface area contributed by atoms with E-state index >= 15 is 46.3 Å². The third-order valence-corrected chi connectivity index (χ3v) is 24.3. The van der Waals surface area contributed by atoms with Crippen LogP contribution in [0.3, 0.4) is 0 Å². The van der Waals surface area contributed by atoms with E-state index in [4.69, 9.17) is 4.74 Å². The second kappa shape index (κ2) is 37.5. The largest absolute Gasteiger partial charge is 0.397 e. The number of ether oxygens (including phenoxy) is 1. The Morgan fingerprint density at radius 3 is 1.78 bits per heavy atom. The van der Waals surface area contributed by atoms with Crippen LogP contribution in [0.15, 0.2) is 0 Å². The predicted molar refractivity (Wildman–Crippen MR) is 377 cm³/mol. The third-order valence-electron chi connectivity index (χ3n) is 24.3. The normalized spacial score (nSPS) is 32.3. The van der Waals surface area contributed by atoms with Crippen molar-refractivity contribution in [1.29, 1.82) is 0 Å². The number of hydrogen-bond acceptors (Lipinski definition) is 13. The molecule has 0 aromatic heterocycles. The zero-order valence-corrected chi connectivity index (χ0v) is 64.9. The molecule has 7 rings (SSSR count). The summed E-state index contributed by atoms with van der Waals surface area (Å²) < 4.78 is 152. The van der Waals surface area contributed by atoms with Crippen LogP contribution in [0, 0.1) is 35.5 Å². The lowest BCUT2D eigenvalue weighted by molar-refractivity contribution is -0.219. The summed E-state index contributed by atoms with van der Waals surface area (Å²) in [5.74, 6) is -21.7. The highest BCUT2D eigenvalue weighted by Gasteiger charge is 2.57. The zero-order chi connectivity index (χ0) is 81.3. The van der Waals surface area contributed by atoms with Gasteiger partial charge in [-0.1, -0.05) is 46.0 Å². The van der Waals surface area contributed by atoms with Gasteiger partial charge in [0.05, 0.1) is 31.5 Å². The quantitative estimate of drug-likeness (QED) is 0.185. The van der Waals surface area contributed by atoms with Crippen LogP contribution < -0.4 is 16.0 Å². The van der Waals surface area contributed by atoms with E-state index in [0.717, 1.165) is 39.2 Å². The second-order valence-corrected chi connectivity index (χ2v) is 32.0. The fourth-order valence-electron chi connectivity index (χ4n) is 17.2. The molecule has 0 aromatic rings. The highest BCUT2D eigenvalue weighted by Crippen LogP contribution is 2.46. The summed E-state index contributed by atoms with van der Waals surface area (Å²) >= 11 is 0. The average Bonchev–Trinajstić information content (AvgIpc) is 1.70. The van der Waals surface area contributed by atoms with Crippen molar-refractivity contribution in [2.75, 3.05) is 89.2 Å². The van der Waals surface area contributed by atoms with Gasteiger partial charge in [-0.2, -0.15) is 26.3 Å². The Morgan fingerprint density at radius 1 is 0.615 bits per heavy atom. The summed E-state index contributed by atoms with van der Waals surface area (Å²) in [5, 5.41) is 8.02. The van der Waals surface area contributed by atoms with Crippen LogP contribution in [0.5, 0.6) is 0 Å². The van der Waals surface area contributed by atoms with Crippen LogP contribution in [-0.2, 0) is 62.3 Å². The molecule has 0 radical (unpaired) electrons. The molecule has 3 saturated heterocycles. The van der Waals surface area contributed by atoms with Gasteiger partial charge < -0.3 is 64.8 Å². The molecule has 0 aromatic carbocycles. The van der Waals surface area contributed by atoms with Crippen LogP contribution in [0.1, 0.15) is 182 Å². The highest BCUT2D eigenvalue weighted by molar-refractivity contribution is 6.01. The number of nitrogens with zero attached hydrogens (tertiary/aromatic N) is 9. The molecule has 1 spiro atoms. The zero-order valence-electron chi connectivity index (χ0n) is 64.9. The SMILES string of the molecule is CCO[C@@H]1C[C@H]2C(=O)NC3(CCC(F)(F)CC3)C(=O)N(C)[C@@H](C3CCCC3)C(=O)N(C)[C@H](C(=O)N(C)C)CC(=O)N(C)[C@@H](C)C(=O)N[C@@H]([C@@H](C)CC)C(=O)N(C)CC(=O)N(C)[C@H]3CCCCCN(C3=O)[C@@H](CC3CCC(C(F)(F)F)CC3)C(=O)N(C)CC(=O)N[C@@H](CCC3CC(F)C(C(F)(F)F)C(F)C3)C(=O)N2C1. The summed E-state index contributed by atoms with van der Waals surface area (Å²) in [7, 11) is 10.3. The lowest BCUT2D eigenvalue weighted by Gasteiger charge is -2.45. The first-order valence-corrected chi connectivity index (χ1v) is 38.6. The number of amides is 12. The van der Waals surface area contributed by atoms with E-state index in [1.165, 1.54) is 68.2 Å². The molecule has 4 aliphatic carbocycles. The number of carbonyl (C=O) groups excluding carboxylic acids is 12. The van der Waals surface area contributed by atoms with Crippen LogP contribution in [0.2, 0.25) is 0 Å². The Balaban J connectivity index is 1.34. The van der Waals surface area contributed by atoms with Crippen LogP contribution >= 0.6 is 0 Å². The summed E-state index contributed by atoms with van der Waals surface area (Å²) in [6, 6.07) is -12.1. The smallest absolute Gasteiger partial charge is 0.377 e. The minimum atomic E-state index is -5.26. The van der Waals surface area contributed by atoms with Crippen molar-refractivity contribution < 1.29 is 106 Å². The number of likely N-dealkylation sites (N-methyl/N-ethyl adjacent to an activating group) is 7. The maximum atomic E-state index is 15.8. The number of rotatable bonds is 11. The Labute approximate surface area is 632 Å². The lowest BCUT2D eigenvalue weighted by Crippen LogP contribution is -2.67. The standard InChI is InChI=1S/C74H114F10N12O13/c1-13-42(3)60-68(106)90(8)41-58(99)92(10)52-22-16-15-19-33-95(67(52)105)55(36-44-23-26-47(27-24-44)73(79,80)81)66(104)89(7)40-56(97)85-51(28-25-45-34-49(75)59(50(76)35-45)74(82,83)84)64(102)96-39-48(109-14-2)37-53(96)63(101)87-71(29-31-72(77,78)32-30-71)70(108)94(12)61(46-20-17-18-21-46)69(107)93(11)54(65(103)88(5)6)38-57(98)91(9)43(4)62(100)86-60/h42-55,59-61H,13-41H2,1-12H3,(H,85,97)(H,86,100)(H,87,101)/t42-,43-,44?,45?,47?,48+,49?,50?,51-,52-,53-,54-,55-,59?,60-,61-/m0/s1. The van der Waals surface area contributed by atoms with Gasteiger partial charge in [0.25, 0.3) is 0 Å². The van der Waals surface area contributed by atoms with Crippen molar-refractivity contribution in [2.45, 2.75) is 272 Å². The minimum Gasteiger partial charge on any atom is -0.377 e. The molecule has 618 valence electrons. The van der Waals surface area contributed by atoms with Gasteiger partial charge in [-0.05, 0) is 134 Å². The lowest BCUT2D eigenvalue weighted by atomic mass is 9.76. The van der Waals surface area contributed by atoms with E-state index in [2.05, 4.69) is 16.0 Å². The predicted octanol–water partition coefficient (Wildman–Crippen LogP) is 6.57. The molecular weight excluding hydrogens is 1450 g/mol.